The highest BCUT2D eigenvalue weighted by Crippen LogP contribution is 2.30. The van der Waals surface area contributed by atoms with Crippen molar-refractivity contribution in [2.75, 3.05) is 5.32 Å². The van der Waals surface area contributed by atoms with E-state index in [1.165, 1.54) is 30.7 Å². The number of carbonyl (C=O) groups excluding carboxylic acids is 2. The summed E-state index contributed by atoms with van der Waals surface area (Å²) >= 11 is 0. The fourth-order valence-corrected chi connectivity index (χ4v) is 5.21. The maximum Gasteiger partial charge on any atom is 0.269 e. The van der Waals surface area contributed by atoms with Gasteiger partial charge in [-0.05, 0) is 68.4 Å². The van der Waals surface area contributed by atoms with Gasteiger partial charge in [0, 0.05) is 47.9 Å². The number of non-ortho nitro benzene ring substituents is 1. The van der Waals surface area contributed by atoms with Gasteiger partial charge < -0.3 is 16.0 Å². The molecule has 186 valence electrons. The third-order valence-corrected chi connectivity index (χ3v) is 7.32. The molecule has 0 saturated heterocycles. The number of nitro benzene ring substituents is 1. The lowest BCUT2D eigenvalue weighted by molar-refractivity contribution is -0.384. The number of nitrogens with one attached hydrogen (secondary N) is 1. The predicted octanol–water partition coefficient (Wildman–Crippen LogP) is 5.03. The van der Waals surface area contributed by atoms with Crippen molar-refractivity contribution in [2.24, 2.45) is 11.7 Å². The number of hydrogen-bond donors (Lipinski definition) is 2. The van der Waals surface area contributed by atoms with Crippen LogP contribution in [0.3, 0.4) is 0 Å². The quantitative estimate of drug-likeness (QED) is 0.427. The van der Waals surface area contributed by atoms with Crippen molar-refractivity contribution >= 4 is 23.2 Å². The maximum atomic E-state index is 13.5. The summed E-state index contributed by atoms with van der Waals surface area (Å²) in [7, 11) is 0. The van der Waals surface area contributed by atoms with Gasteiger partial charge >= 0.3 is 0 Å². The molecule has 2 fully saturated rings. The average Bonchev–Trinajstić information content (AvgIpc) is 2.89. The minimum atomic E-state index is -0.496. The van der Waals surface area contributed by atoms with E-state index in [-0.39, 0.29) is 35.5 Å². The second kappa shape index (κ2) is 11.4. The molecule has 2 amide bonds. The zero-order valence-electron chi connectivity index (χ0n) is 20.0. The van der Waals surface area contributed by atoms with E-state index in [2.05, 4.69) is 10.2 Å². The van der Waals surface area contributed by atoms with Gasteiger partial charge in [0.1, 0.15) is 0 Å². The first-order chi connectivity index (χ1) is 16.9. The molecule has 2 aromatic carbocycles. The molecule has 0 aliphatic heterocycles. The lowest BCUT2D eigenvalue weighted by atomic mass is 9.85. The third-order valence-electron chi connectivity index (χ3n) is 7.32. The number of amides is 2. The number of anilines is 1. The summed E-state index contributed by atoms with van der Waals surface area (Å²) in [6, 6.07) is 13.5. The minimum Gasteiger partial charge on any atom is -0.335 e. The van der Waals surface area contributed by atoms with E-state index in [1.54, 1.807) is 0 Å². The molecule has 0 aromatic heterocycles. The summed E-state index contributed by atoms with van der Waals surface area (Å²) < 4.78 is 0. The van der Waals surface area contributed by atoms with Crippen molar-refractivity contribution in [3.8, 4) is 0 Å². The van der Waals surface area contributed by atoms with Gasteiger partial charge in [-0.2, -0.15) is 0 Å². The van der Waals surface area contributed by atoms with E-state index in [9.17, 15) is 19.7 Å². The van der Waals surface area contributed by atoms with Crippen LogP contribution in [-0.2, 0) is 11.3 Å². The molecule has 0 unspecified atom stereocenters. The first-order valence-electron chi connectivity index (χ1n) is 12.6. The first kappa shape index (κ1) is 24.9. The Bertz CT molecular complexity index is 1020. The number of hydrogen-bond acceptors (Lipinski definition) is 5. The monoisotopic (exact) mass is 478 g/mol. The van der Waals surface area contributed by atoms with Crippen molar-refractivity contribution in [1.29, 1.82) is 0 Å². The summed E-state index contributed by atoms with van der Waals surface area (Å²) in [5, 5.41) is 13.6. The molecule has 4 rings (SSSR count). The van der Waals surface area contributed by atoms with Gasteiger partial charge in [0.25, 0.3) is 11.6 Å². The normalized spacial score (nSPS) is 20.7. The van der Waals surface area contributed by atoms with Gasteiger partial charge in [-0.15, -0.1) is 0 Å². The maximum absolute atomic E-state index is 13.5. The topological polar surface area (TPSA) is 119 Å². The largest absolute Gasteiger partial charge is 0.335 e. The molecule has 0 spiro atoms. The van der Waals surface area contributed by atoms with Crippen LogP contribution >= 0.6 is 0 Å². The highest BCUT2D eigenvalue weighted by atomic mass is 16.6. The highest BCUT2D eigenvalue weighted by molar-refractivity contribution is 6.04. The number of carbonyl (C=O) groups is 2. The van der Waals surface area contributed by atoms with Crippen molar-refractivity contribution in [3.63, 3.8) is 0 Å². The van der Waals surface area contributed by atoms with Crippen LogP contribution in [0.4, 0.5) is 11.4 Å². The fraction of sp³-hybridized carbons (Fsp3) is 0.481. The van der Waals surface area contributed by atoms with Crippen LogP contribution in [0.15, 0.2) is 48.5 Å². The molecule has 0 bridgehead atoms. The van der Waals surface area contributed by atoms with Crippen LogP contribution < -0.4 is 11.1 Å². The fourth-order valence-electron chi connectivity index (χ4n) is 5.21. The van der Waals surface area contributed by atoms with Gasteiger partial charge in [-0.3, -0.25) is 19.7 Å². The Morgan fingerprint density at radius 3 is 2.14 bits per heavy atom. The second-order valence-corrected chi connectivity index (χ2v) is 9.82. The van der Waals surface area contributed by atoms with Crippen LogP contribution in [0.1, 0.15) is 73.7 Å². The zero-order chi connectivity index (χ0) is 24.8. The Morgan fingerprint density at radius 1 is 0.914 bits per heavy atom. The summed E-state index contributed by atoms with van der Waals surface area (Å²) in [6.45, 7) is 0.561. The Labute approximate surface area is 206 Å². The van der Waals surface area contributed by atoms with E-state index in [0.717, 1.165) is 56.9 Å². The standard InChI is InChI=1S/C27H34N4O4/c28-22-10-16-24(17-11-22)30(27(33)21-4-2-1-3-5-21)18-19-6-12-23(13-7-19)29-26(32)20-8-14-25(15-9-20)31(34)35/h6-9,12-15,21-22,24H,1-5,10-11,16-18,28H2,(H,29,32). The minimum absolute atomic E-state index is 0.0572. The van der Waals surface area contributed by atoms with Gasteiger partial charge in [0.05, 0.1) is 4.92 Å². The van der Waals surface area contributed by atoms with Crippen molar-refractivity contribution in [1.82, 2.24) is 4.90 Å². The van der Waals surface area contributed by atoms with E-state index >= 15 is 0 Å². The van der Waals surface area contributed by atoms with Gasteiger partial charge in [-0.25, -0.2) is 0 Å². The Kier molecular flexibility index (Phi) is 8.13. The van der Waals surface area contributed by atoms with Crippen molar-refractivity contribution in [2.45, 2.75) is 76.4 Å². The molecule has 0 radical (unpaired) electrons. The molecule has 0 heterocycles. The SMILES string of the molecule is NC1CCC(N(Cc2ccc(NC(=O)c3ccc([N+](=O)[O-])cc3)cc2)C(=O)C2CCCCC2)CC1. The zero-order valence-corrected chi connectivity index (χ0v) is 20.0. The molecule has 2 aromatic rings. The lowest BCUT2D eigenvalue weighted by Crippen LogP contribution is -2.46. The van der Waals surface area contributed by atoms with Crippen LogP contribution in [0.5, 0.6) is 0 Å². The average molecular weight is 479 g/mol. The summed E-state index contributed by atoms with van der Waals surface area (Å²) in [6.07, 6.45) is 9.23. The Balaban J connectivity index is 1.42. The van der Waals surface area contributed by atoms with Gasteiger partial charge in [0.2, 0.25) is 5.91 Å². The number of rotatable bonds is 7. The summed E-state index contributed by atoms with van der Waals surface area (Å²) in [5.41, 5.74) is 8.07. The molecule has 0 atom stereocenters. The van der Waals surface area contributed by atoms with Gasteiger partial charge in [-0.1, -0.05) is 31.4 Å². The number of benzene rings is 2. The lowest BCUT2D eigenvalue weighted by Gasteiger charge is -2.39. The van der Waals surface area contributed by atoms with E-state index < -0.39 is 4.92 Å². The Hall–Kier alpha value is -3.26. The smallest absolute Gasteiger partial charge is 0.269 e. The molecule has 8 nitrogen and oxygen atoms in total. The summed E-state index contributed by atoms with van der Waals surface area (Å²) in [5.74, 6) is 0.0700. The van der Waals surface area contributed by atoms with Crippen molar-refractivity contribution in [3.05, 3.63) is 69.8 Å². The van der Waals surface area contributed by atoms with Gasteiger partial charge in [0.15, 0.2) is 0 Å². The van der Waals surface area contributed by atoms with Crippen LogP contribution in [0.25, 0.3) is 0 Å². The molecular formula is C27H34N4O4. The summed E-state index contributed by atoms with van der Waals surface area (Å²) in [4.78, 5) is 38.4. The van der Waals surface area contributed by atoms with E-state index in [4.69, 9.17) is 5.73 Å². The number of nitro groups is 1. The number of nitrogens with zero attached hydrogens (tertiary/aromatic N) is 2. The molecule has 35 heavy (non-hydrogen) atoms. The second-order valence-electron chi connectivity index (χ2n) is 9.82. The van der Waals surface area contributed by atoms with E-state index in [0.29, 0.717) is 17.8 Å². The first-order valence-corrected chi connectivity index (χ1v) is 12.6. The number of nitrogens with two attached hydrogens (primary N) is 1. The highest BCUT2D eigenvalue weighted by Gasteiger charge is 2.32. The van der Waals surface area contributed by atoms with Crippen molar-refractivity contribution < 1.29 is 14.5 Å². The molecule has 2 saturated carbocycles. The van der Waals surface area contributed by atoms with E-state index in [1.807, 2.05) is 24.3 Å². The van der Waals surface area contributed by atoms with Crippen LogP contribution in [0, 0.1) is 16.0 Å². The molecule has 2 aliphatic carbocycles. The Morgan fingerprint density at radius 2 is 1.54 bits per heavy atom. The van der Waals surface area contributed by atoms with Crippen LogP contribution in [0.2, 0.25) is 0 Å². The molecule has 8 heteroatoms. The third kappa shape index (κ3) is 6.45. The molecular weight excluding hydrogens is 444 g/mol. The molecule has 2 aliphatic rings. The molecule has 3 N–H and O–H groups in total. The van der Waals surface area contributed by atoms with Crippen LogP contribution in [-0.4, -0.2) is 33.7 Å². The predicted molar refractivity (Wildman–Crippen MR) is 135 cm³/mol.